The van der Waals surface area contributed by atoms with Crippen LogP contribution in [0.4, 0.5) is 0 Å². The standard InChI is InChI=1S/C8H17NO/c1-8(2,3)10-6-7-4-9-5-7/h7,9H,4-6H2,1-3H3. The van der Waals surface area contributed by atoms with Gasteiger partial charge in [0, 0.05) is 19.0 Å². The molecule has 1 fully saturated rings. The quantitative estimate of drug-likeness (QED) is 0.623. The van der Waals surface area contributed by atoms with Crippen LogP contribution in [0.2, 0.25) is 0 Å². The smallest absolute Gasteiger partial charge is 0.0598 e. The van der Waals surface area contributed by atoms with Crippen LogP contribution in [0.1, 0.15) is 20.8 Å². The lowest BCUT2D eigenvalue weighted by Gasteiger charge is -2.30. The van der Waals surface area contributed by atoms with Crippen molar-refractivity contribution in [3.8, 4) is 0 Å². The van der Waals surface area contributed by atoms with Crippen LogP contribution in [0.25, 0.3) is 0 Å². The molecule has 1 aliphatic heterocycles. The molecule has 1 heterocycles. The van der Waals surface area contributed by atoms with E-state index >= 15 is 0 Å². The third-order valence-electron chi connectivity index (χ3n) is 1.62. The number of hydrogen-bond acceptors (Lipinski definition) is 2. The van der Waals surface area contributed by atoms with Crippen LogP contribution in [-0.4, -0.2) is 25.3 Å². The fourth-order valence-electron chi connectivity index (χ4n) is 0.834. The van der Waals surface area contributed by atoms with E-state index in [9.17, 15) is 0 Å². The Morgan fingerprint density at radius 2 is 2.00 bits per heavy atom. The topological polar surface area (TPSA) is 21.3 Å². The van der Waals surface area contributed by atoms with Crippen LogP contribution in [0.15, 0.2) is 0 Å². The summed E-state index contributed by atoms with van der Waals surface area (Å²) < 4.78 is 5.59. The molecule has 0 aromatic carbocycles. The van der Waals surface area contributed by atoms with Crippen molar-refractivity contribution in [3.05, 3.63) is 0 Å². The van der Waals surface area contributed by atoms with Gasteiger partial charge < -0.3 is 10.1 Å². The number of nitrogens with one attached hydrogen (secondary N) is 1. The first-order valence-electron chi connectivity index (χ1n) is 3.92. The fourth-order valence-corrected chi connectivity index (χ4v) is 0.834. The van der Waals surface area contributed by atoms with Gasteiger partial charge in [0.1, 0.15) is 0 Å². The zero-order chi connectivity index (χ0) is 7.61. The van der Waals surface area contributed by atoms with Gasteiger partial charge in [-0.25, -0.2) is 0 Å². The van der Waals surface area contributed by atoms with E-state index in [2.05, 4.69) is 26.1 Å². The molecule has 0 saturated carbocycles. The minimum atomic E-state index is 0.0373. The molecule has 0 radical (unpaired) electrons. The summed E-state index contributed by atoms with van der Waals surface area (Å²) in [7, 11) is 0. The van der Waals surface area contributed by atoms with Crippen molar-refractivity contribution in [3.63, 3.8) is 0 Å². The molecule has 0 spiro atoms. The first kappa shape index (κ1) is 8.02. The maximum absolute atomic E-state index is 5.59. The second-order valence-corrected chi connectivity index (χ2v) is 3.95. The molecule has 0 aliphatic carbocycles. The van der Waals surface area contributed by atoms with E-state index in [0.29, 0.717) is 0 Å². The largest absolute Gasteiger partial charge is 0.375 e. The van der Waals surface area contributed by atoms with Crippen molar-refractivity contribution < 1.29 is 4.74 Å². The maximum Gasteiger partial charge on any atom is 0.0598 e. The van der Waals surface area contributed by atoms with E-state index < -0.39 is 0 Å². The lowest BCUT2D eigenvalue weighted by molar-refractivity contribution is -0.0303. The van der Waals surface area contributed by atoms with E-state index in [1.165, 1.54) is 0 Å². The Bertz CT molecular complexity index is 102. The van der Waals surface area contributed by atoms with Crippen molar-refractivity contribution in [2.45, 2.75) is 26.4 Å². The van der Waals surface area contributed by atoms with Crippen LogP contribution in [0.5, 0.6) is 0 Å². The molecule has 10 heavy (non-hydrogen) atoms. The highest BCUT2D eigenvalue weighted by Crippen LogP contribution is 2.11. The SMILES string of the molecule is CC(C)(C)OCC1CNC1. The van der Waals surface area contributed by atoms with E-state index in [0.717, 1.165) is 25.6 Å². The Balaban J connectivity index is 2.04. The Hall–Kier alpha value is -0.0800. The van der Waals surface area contributed by atoms with Crippen LogP contribution in [0.3, 0.4) is 0 Å². The minimum absolute atomic E-state index is 0.0373. The molecule has 1 N–H and O–H groups in total. The molecule has 2 heteroatoms. The summed E-state index contributed by atoms with van der Waals surface area (Å²) in [6.07, 6.45) is 0. The van der Waals surface area contributed by atoms with Gasteiger partial charge >= 0.3 is 0 Å². The highest BCUT2D eigenvalue weighted by molar-refractivity contribution is 4.75. The summed E-state index contributed by atoms with van der Waals surface area (Å²) in [6, 6.07) is 0. The molecule has 0 bridgehead atoms. The van der Waals surface area contributed by atoms with Gasteiger partial charge in [-0.15, -0.1) is 0 Å². The van der Waals surface area contributed by atoms with Crippen molar-refractivity contribution in [1.82, 2.24) is 5.32 Å². The Labute approximate surface area is 63.0 Å². The third kappa shape index (κ3) is 2.67. The fraction of sp³-hybridized carbons (Fsp3) is 1.00. The molecule has 0 aromatic rings. The van der Waals surface area contributed by atoms with Gasteiger partial charge in [-0.2, -0.15) is 0 Å². The average Bonchev–Trinajstić information content (AvgIpc) is 1.56. The van der Waals surface area contributed by atoms with Gasteiger partial charge in [0.25, 0.3) is 0 Å². The van der Waals surface area contributed by atoms with Gasteiger partial charge in [0.15, 0.2) is 0 Å². The molecule has 1 saturated heterocycles. The number of rotatable bonds is 2. The molecular weight excluding hydrogens is 126 g/mol. The van der Waals surface area contributed by atoms with Crippen molar-refractivity contribution in [2.24, 2.45) is 5.92 Å². The predicted molar refractivity (Wildman–Crippen MR) is 42.1 cm³/mol. The van der Waals surface area contributed by atoms with E-state index in [4.69, 9.17) is 4.74 Å². The number of ether oxygens (including phenoxy) is 1. The van der Waals surface area contributed by atoms with Crippen molar-refractivity contribution in [1.29, 1.82) is 0 Å². The van der Waals surface area contributed by atoms with Gasteiger partial charge in [0.05, 0.1) is 12.2 Å². The molecule has 1 aliphatic rings. The Morgan fingerprint density at radius 1 is 1.40 bits per heavy atom. The first-order valence-corrected chi connectivity index (χ1v) is 3.92. The van der Waals surface area contributed by atoms with Gasteiger partial charge in [-0.05, 0) is 20.8 Å². The minimum Gasteiger partial charge on any atom is -0.375 e. The summed E-state index contributed by atoms with van der Waals surface area (Å²) in [6.45, 7) is 9.47. The molecular formula is C8H17NO. The lowest BCUT2D eigenvalue weighted by atomic mass is 10.0. The predicted octanol–water partition coefficient (Wildman–Crippen LogP) is 1.02. The highest BCUT2D eigenvalue weighted by Gasteiger charge is 2.19. The molecule has 60 valence electrons. The van der Waals surface area contributed by atoms with Gasteiger partial charge in [0.2, 0.25) is 0 Å². The van der Waals surface area contributed by atoms with Gasteiger partial charge in [-0.1, -0.05) is 0 Å². The van der Waals surface area contributed by atoms with Gasteiger partial charge in [-0.3, -0.25) is 0 Å². The summed E-state index contributed by atoms with van der Waals surface area (Å²) >= 11 is 0. The van der Waals surface area contributed by atoms with E-state index in [-0.39, 0.29) is 5.60 Å². The molecule has 0 amide bonds. The van der Waals surface area contributed by atoms with Crippen LogP contribution in [-0.2, 0) is 4.74 Å². The Morgan fingerprint density at radius 3 is 2.30 bits per heavy atom. The zero-order valence-corrected chi connectivity index (χ0v) is 7.11. The summed E-state index contributed by atoms with van der Waals surface area (Å²) in [5.41, 5.74) is 0.0373. The number of hydrogen-bond donors (Lipinski definition) is 1. The van der Waals surface area contributed by atoms with Crippen LogP contribution < -0.4 is 5.32 Å². The monoisotopic (exact) mass is 143 g/mol. The molecule has 0 aromatic heterocycles. The zero-order valence-electron chi connectivity index (χ0n) is 7.11. The normalized spacial score (nSPS) is 20.7. The summed E-state index contributed by atoms with van der Waals surface area (Å²) in [4.78, 5) is 0. The van der Waals surface area contributed by atoms with E-state index in [1.807, 2.05) is 0 Å². The first-order chi connectivity index (χ1) is 4.58. The highest BCUT2D eigenvalue weighted by atomic mass is 16.5. The van der Waals surface area contributed by atoms with Crippen LogP contribution in [0, 0.1) is 5.92 Å². The molecule has 1 rings (SSSR count). The lowest BCUT2D eigenvalue weighted by Crippen LogP contribution is -2.45. The summed E-state index contributed by atoms with van der Waals surface area (Å²) in [5.74, 6) is 0.763. The molecule has 0 unspecified atom stereocenters. The second-order valence-electron chi connectivity index (χ2n) is 3.95. The van der Waals surface area contributed by atoms with Crippen molar-refractivity contribution >= 4 is 0 Å². The van der Waals surface area contributed by atoms with E-state index in [1.54, 1.807) is 0 Å². The third-order valence-corrected chi connectivity index (χ3v) is 1.62. The molecule has 2 nitrogen and oxygen atoms in total. The molecule has 0 atom stereocenters. The average molecular weight is 143 g/mol. The second kappa shape index (κ2) is 2.89. The van der Waals surface area contributed by atoms with Crippen molar-refractivity contribution in [2.75, 3.05) is 19.7 Å². The summed E-state index contributed by atoms with van der Waals surface area (Å²) in [5, 5.41) is 3.22. The Kier molecular flexibility index (Phi) is 2.32. The maximum atomic E-state index is 5.59. The van der Waals surface area contributed by atoms with Crippen LogP contribution >= 0.6 is 0 Å².